The highest BCUT2D eigenvalue weighted by molar-refractivity contribution is 7.09. The van der Waals surface area contributed by atoms with Crippen LogP contribution in [0.5, 0.6) is 23.0 Å². The standard InChI is InChI=1S/C32H33N3O5S/c1-37-27-9-7-22(15-29(27)38-2)11-13-34(17-23-8-10-28-30(16-23)40-21-39-28)19-31-33-26(20-41-31)32(36)35-14-12-24-5-3-4-6-25(24)18-35/h3-10,15-16,20H,11-14,17-19,21H2,1-2H3. The van der Waals surface area contributed by atoms with E-state index in [9.17, 15) is 4.79 Å². The number of hydrogen-bond donors (Lipinski definition) is 0. The quantitative estimate of drug-likeness (QED) is 0.255. The molecule has 0 saturated heterocycles. The van der Waals surface area contributed by atoms with Gasteiger partial charge in [0.15, 0.2) is 23.0 Å². The molecule has 8 nitrogen and oxygen atoms in total. The molecule has 0 saturated carbocycles. The first-order chi connectivity index (χ1) is 20.1. The van der Waals surface area contributed by atoms with Crippen molar-refractivity contribution < 1.29 is 23.7 Å². The maximum atomic E-state index is 13.3. The highest BCUT2D eigenvalue weighted by atomic mass is 32.1. The molecule has 0 N–H and O–H groups in total. The first kappa shape index (κ1) is 27.1. The lowest BCUT2D eigenvalue weighted by atomic mass is 10.00. The van der Waals surface area contributed by atoms with Crippen molar-refractivity contribution in [1.82, 2.24) is 14.8 Å². The molecule has 3 heterocycles. The van der Waals surface area contributed by atoms with E-state index in [-0.39, 0.29) is 12.7 Å². The monoisotopic (exact) mass is 571 g/mol. The lowest BCUT2D eigenvalue weighted by molar-refractivity contribution is 0.0729. The molecule has 2 aliphatic heterocycles. The molecule has 0 aliphatic carbocycles. The Hall–Kier alpha value is -4.08. The number of thiazole rings is 1. The summed E-state index contributed by atoms with van der Waals surface area (Å²) in [7, 11) is 3.29. The lowest BCUT2D eigenvalue weighted by Crippen LogP contribution is -2.36. The number of carbonyl (C=O) groups excluding carboxylic acids is 1. The zero-order valence-electron chi connectivity index (χ0n) is 23.3. The van der Waals surface area contributed by atoms with Crippen LogP contribution in [0.3, 0.4) is 0 Å². The summed E-state index contributed by atoms with van der Waals surface area (Å²) in [4.78, 5) is 22.4. The molecule has 0 bridgehead atoms. The molecular formula is C32H33N3O5S. The smallest absolute Gasteiger partial charge is 0.273 e. The highest BCUT2D eigenvalue weighted by Crippen LogP contribution is 2.33. The second-order valence-electron chi connectivity index (χ2n) is 10.2. The molecule has 3 aromatic carbocycles. The van der Waals surface area contributed by atoms with Crippen LogP contribution in [0.1, 0.15) is 37.7 Å². The first-order valence-corrected chi connectivity index (χ1v) is 14.6. The Balaban J connectivity index is 1.17. The number of aromatic nitrogens is 1. The van der Waals surface area contributed by atoms with Crippen LogP contribution in [0.15, 0.2) is 66.0 Å². The van der Waals surface area contributed by atoms with E-state index < -0.39 is 0 Å². The molecule has 41 heavy (non-hydrogen) atoms. The molecular weight excluding hydrogens is 538 g/mol. The minimum Gasteiger partial charge on any atom is -0.493 e. The number of ether oxygens (including phenoxy) is 4. The van der Waals surface area contributed by atoms with Crippen molar-refractivity contribution in [3.63, 3.8) is 0 Å². The summed E-state index contributed by atoms with van der Waals surface area (Å²) in [6.07, 6.45) is 1.69. The van der Waals surface area contributed by atoms with E-state index >= 15 is 0 Å². The molecule has 4 aromatic rings. The Morgan fingerprint density at radius 3 is 2.61 bits per heavy atom. The molecule has 9 heteroatoms. The van der Waals surface area contributed by atoms with Gasteiger partial charge < -0.3 is 23.8 Å². The van der Waals surface area contributed by atoms with Gasteiger partial charge in [0.1, 0.15) is 10.7 Å². The van der Waals surface area contributed by atoms with Crippen molar-refractivity contribution in [2.45, 2.75) is 32.5 Å². The minimum atomic E-state index is -0.00495. The van der Waals surface area contributed by atoms with Crippen LogP contribution in [-0.4, -0.2) is 54.8 Å². The van der Waals surface area contributed by atoms with Crippen LogP contribution in [0, 0.1) is 0 Å². The van der Waals surface area contributed by atoms with Crippen molar-refractivity contribution in [2.75, 3.05) is 34.1 Å². The maximum Gasteiger partial charge on any atom is 0.273 e. The number of carbonyl (C=O) groups is 1. The Morgan fingerprint density at radius 1 is 0.951 bits per heavy atom. The second kappa shape index (κ2) is 12.2. The van der Waals surface area contributed by atoms with Crippen molar-refractivity contribution in [1.29, 1.82) is 0 Å². The molecule has 0 atom stereocenters. The van der Waals surface area contributed by atoms with Gasteiger partial charge in [-0.1, -0.05) is 36.4 Å². The number of fused-ring (bicyclic) bond motifs is 2. The first-order valence-electron chi connectivity index (χ1n) is 13.7. The van der Waals surface area contributed by atoms with Gasteiger partial charge in [0, 0.05) is 31.6 Å². The number of hydrogen-bond acceptors (Lipinski definition) is 8. The molecule has 0 spiro atoms. The van der Waals surface area contributed by atoms with Crippen molar-refractivity contribution in [2.24, 2.45) is 0 Å². The summed E-state index contributed by atoms with van der Waals surface area (Å²) in [5.41, 5.74) is 5.34. The summed E-state index contributed by atoms with van der Waals surface area (Å²) < 4.78 is 22.0. The molecule has 0 radical (unpaired) electrons. The topological polar surface area (TPSA) is 73.4 Å². The number of amides is 1. The van der Waals surface area contributed by atoms with E-state index in [1.54, 1.807) is 14.2 Å². The van der Waals surface area contributed by atoms with Crippen molar-refractivity contribution >= 4 is 17.2 Å². The summed E-state index contributed by atoms with van der Waals surface area (Å²) in [5, 5.41) is 2.81. The van der Waals surface area contributed by atoms with Crippen LogP contribution in [-0.2, 0) is 32.5 Å². The van der Waals surface area contributed by atoms with Gasteiger partial charge in [-0.15, -0.1) is 11.3 Å². The van der Waals surface area contributed by atoms with Crippen LogP contribution < -0.4 is 18.9 Å². The van der Waals surface area contributed by atoms with Gasteiger partial charge in [0.2, 0.25) is 6.79 Å². The second-order valence-corrected chi connectivity index (χ2v) is 11.2. The fourth-order valence-electron chi connectivity index (χ4n) is 5.34. The largest absolute Gasteiger partial charge is 0.493 e. The molecule has 1 amide bonds. The van der Waals surface area contributed by atoms with Gasteiger partial charge in [-0.2, -0.15) is 0 Å². The number of nitrogens with zero attached hydrogens (tertiary/aromatic N) is 3. The molecule has 2 aliphatic rings. The summed E-state index contributed by atoms with van der Waals surface area (Å²) in [6, 6.07) is 20.4. The SMILES string of the molecule is COc1ccc(CCN(Cc2ccc3c(c2)OCO3)Cc2nc(C(=O)N3CCc4ccccc4C3)cs2)cc1OC. The van der Waals surface area contributed by atoms with Crippen LogP contribution in [0.2, 0.25) is 0 Å². The number of rotatable bonds is 10. The predicted molar refractivity (Wildman–Crippen MR) is 157 cm³/mol. The fourth-order valence-corrected chi connectivity index (χ4v) is 6.15. The van der Waals surface area contributed by atoms with Gasteiger partial charge in [-0.25, -0.2) is 4.98 Å². The molecule has 212 valence electrons. The summed E-state index contributed by atoms with van der Waals surface area (Å²) in [6.45, 7) is 3.71. The van der Waals surface area contributed by atoms with E-state index in [4.69, 9.17) is 23.9 Å². The van der Waals surface area contributed by atoms with Crippen molar-refractivity contribution in [3.05, 3.63) is 99.0 Å². The normalized spacial score (nSPS) is 13.8. The Labute approximate surface area is 244 Å². The third kappa shape index (κ3) is 6.16. The zero-order chi connectivity index (χ0) is 28.2. The van der Waals surface area contributed by atoms with Gasteiger partial charge in [-0.3, -0.25) is 9.69 Å². The van der Waals surface area contributed by atoms with Crippen LogP contribution >= 0.6 is 11.3 Å². The van der Waals surface area contributed by atoms with Crippen molar-refractivity contribution in [3.8, 4) is 23.0 Å². The van der Waals surface area contributed by atoms with Gasteiger partial charge >= 0.3 is 0 Å². The maximum absolute atomic E-state index is 13.3. The van der Waals surface area contributed by atoms with Crippen LogP contribution in [0.25, 0.3) is 0 Å². The third-order valence-electron chi connectivity index (χ3n) is 7.56. The van der Waals surface area contributed by atoms with Gasteiger partial charge in [-0.05, 0) is 59.4 Å². The van der Waals surface area contributed by atoms with Gasteiger partial charge in [0.25, 0.3) is 5.91 Å². The van der Waals surface area contributed by atoms with E-state index in [0.29, 0.717) is 37.6 Å². The fraction of sp³-hybridized carbons (Fsp3) is 0.312. The Morgan fingerprint density at radius 2 is 1.76 bits per heavy atom. The average molecular weight is 572 g/mol. The van der Waals surface area contributed by atoms with E-state index in [2.05, 4.69) is 35.2 Å². The highest BCUT2D eigenvalue weighted by Gasteiger charge is 2.24. The van der Waals surface area contributed by atoms with Crippen LogP contribution in [0.4, 0.5) is 0 Å². The molecule has 1 aromatic heterocycles. The van der Waals surface area contributed by atoms with Gasteiger partial charge in [0.05, 0.1) is 20.8 Å². The Bertz CT molecular complexity index is 1540. The average Bonchev–Trinajstić information content (AvgIpc) is 3.68. The van der Waals surface area contributed by atoms with E-state index in [1.807, 2.05) is 40.6 Å². The third-order valence-corrected chi connectivity index (χ3v) is 8.39. The number of benzene rings is 3. The van der Waals surface area contributed by atoms with E-state index in [1.165, 1.54) is 22.5 Å². The lowest BCUT2D eigenvalue weighted by Gasteiger charge is -2.28. The predicted octanol–water partition coefficient (Wildman–Crippen LogP) is 5.33. The molecule has 0 unspecified atom stereocenters. The minimum absolute atomic E-state index is 0.00495. The molecule has 0 fully saturated rings. The van der Waals surface area contributed by atoms with E-state index in [0.717, 1.165) is 52.8 Å². The zero-order valence-corrected chi connectivity index (χ0v) is 24.1. The molecule has 6 rings (SSSR count). The Kier molecular flexibility index (Phi) is 8.07. The summed E-state index contributed by atoms with van der Waals surface area (Å²) >= 11 is 1.54. The summed E-state index contributed by atoms with van der Waals surface area (Å²) in [5.74, 6) is 2.97. The number of methoxy groups -OCH3 is 2.